The molecule has 0 saturated heterocycles. The van der Waals surface area contributed by atoms with E-state index in [2.05, 4.69) is 24.3 Å². The maximum absolute atomic E-state index is 5.95. The van der Waals surface area contributed by atoms with Crippen molar-refractivity contribution in [1.29, 1.82) is 0 Å². The zero-order valence-electron chi connectivity index (χ0n) is 9.71. The molecular weight excluding hydrogens is 232 g/mol. The van der Waals surface area contributed by atoms with Gasteiger partial charge in [0.15, 0.2) is 0 Å². The number of rotatable bonds is 4. The molecule has 2 heteroatoms. The maximum atomic E-state index is 5.95. The van der Waals surface area contributed by atoms with Gasteiger partial charge in [-0.15, -0.1) is 0 Å². The Labute approximate surface area is 107 Å². The van der Waals surface area contributed by atoms with Gasteiger partial charge >= 0.3 is 0 Å². The molecular formula is C15H15ClO. The van der Waals surface area contributed by atoms with Crippen LogP contribution in [0, 0.1) is 0 Å². The molecule has 17 heavy (non-hydrogen) atoms. The van der Waals surface area contributed by atoms with Crippen LogP contribution in [0.25, 0.3) is 0 Å². The van der Waals surface area contributed by atoms with Gasteiger partial charge in [-0.05, 0) is 18.1 Å². The van der Waals surface area contributed by atoms with Crippen molar-refractivity contribution >= 4 is 11.6 Å². The predicted octanol–water partition coefficient (Wildman–Crippen LogP) is 4.38. The Hall–Kier alpha value is -1.31. The number of alkyl halides is 1. The molecule has 0 aromatic heterocycles. The summed E-state index contributed by atoms with van der Waals surface area (Å²) in [5.74, 6) is 0. The molecule has 0 radical (unpaired) electrons. The van der Waals surface area contributed by atoms with E-state index < -0.39 is 0 Å². The molecule has 1 atom stereocenters. The first-order valence-electron chi connectivity index (χ1n) is 5.67. The Bertz CT molecular complexity index is 399. The lowest BCUT2D eigenvalue weighted by Gasteiger charge is -2.20. The first-order chi connectivity index (χ1) is 8.27. The van der Waals surface area contributed by atoms with Crippen LogP contribution in [0.5, 0.6) is 0 Å². The molecule has 0 aliphatic carbocycles. The molecule has 0 aliphatic rings. The third-order valence-electron chi connectivity index (χ3n) is 2.53. The van der Waals surface area contributed by atoms with Gasteiger partial charge in [-0.2, -0.15) is 0 Å². The highest BCUT2D eigenvalue weighted by molar-refractivity contribution is 6.19. The standard InChI is InChI=1S/C15H15ClO/c1-12(16)17-15(13-8-4-2-5-9-13)14-10-6-3-7-11-14/h2-12,15H,1H3. The molecule has 0 spiro atoms. The molecule has 0 heterocycles. The minimum absolute atomic E-state index is 0.107. The van der Waals surface area contributed by atoms with E-state index in [4.69, 9.17) is 16.3 Å². The number of ether oxygens (including phenoxy) is 1. The van der Waals surface area contributed by atoms with Crippen LogP contribution in [0.2, 0.25) is 0 Å². The van der Waals surface area contributed by atoms with Crippen LogP contribution in [-0.2, 0) is 4.74 Å². The third kappa shape index (κ3) is 3.32. The average Bonchev–Trinajstić information content (AvgIpc) is 2.38. The van der Waals surface area contributed by atoms with Crippen LogP contribution in [0.4, 0.5) is 0 Å². The summed E-state index contributed by atoms with van der Waals surface area (Å²) in [4.78, 5) is 0. The van der Waals surface area contributed by atoms with Gasteiger partial charge in [0, 0.05) is 0 Å². The second kappa shape index (κ2) is 5.85. The van der Waals surface area contributed by atoms with Crippen molar-refractivity contribution in [2.24, 2.45) is 0 Å². The summed E-state index contributed by atoms with van der Waals surface area (Å²) in [6, 6.07) is 20.2. The van der Waals surface area contributed by atoms with E-state index in [0.29, 0.717) is 0 Å². The zero-order chi connectivity index (χ0) is 12.1. The fraction of sp³-hybridized carbons (Fsp3) is 0.200. The Balaban J connectivity index is 2.32. The van der Waals surface area contributed by atoms with E-state index in [-0.39, 0.29) is 11.7 Å². The van der Waals surface area contributed by atoms with Crippen molar-refractivity contribution in [1.82, 2.24) is 0 Å². The summed E-state index contributed by atoms with van der Waals surface area (Å²) in [7, 11) is 0. The van der Waals surface area contributed by atoms with E-state index in [0.717, 1.165) is 11.1 Å². The van der Waals surface area contributed by atoms with Crippen LogP contribution in [0.3, 0.4) is 0 Å². The molecule has 88 valence electrons. The Morgan fingerprint density at radius 3 is 1.59 bits per heavy atom. The Kier molecular flexibility index (Phi) is 4.18. The van der Waals surface area contributed by atoms with E-state index >= 15 is 0 Å². The lowest BCUT2D eigenvalue weighted by atomic mass is 10.0. The van der Waals surface area contributed by atoms with Gasteiger partial charge in [-0.1, -0.05) is 72.3 Å². The monoisotopic (exact) mass is 246 g/mol. The van der Waals surface area contributed by atoms with E-state index in [9.17, 15) is 0 Å². The molecule has 1 nitrogen and oxygen atoms in total. The molecule has 2 aromatic rings. The molecule has 1 unspecified atom stereocenters. The maximum Gasteiger partial charge on any atom is 0.129 e. The minimum atomic E-state index is -0.319. The molecule has 0 N–H and O–H groups in total. The van der Waals surface area contributed by atoms with Crippen molar-refractivity contribution in [3.8, 4) is 0 Å². The summed E-state index contributed by atoms with van der Waals surface area (Å²) >= 11 is 5.95. The number of hydrogen-bond donors (Lipinski definition) is 0. The smallest absolute Gasteiger partial charge is 0.129 e. The zero-order valence-corrected chi connectivity index (χ0v) is 10.5. The molecule has 0 saturated carbocycles. The van der Waals surface area contributed by atoms with Gasteiger partial charge in [-0.3, -0.25) is 0 Å². The molecule has 0 aliphatic heterocycles. The highest BCUT2D eigenvalue weighted by Gasteiger charge is 2.16. The molecule has 0 bridgehead atoms. The highest BCUT2D eigenvalue weighted by Crippen LogP contribution is 2.27. The topological polar surface area (TPSA) is 9.23 Å². The van der Waals surface area contributed by atoms with E-state index in [1.165, 1.54) is 0 Å². The first-order valence-corrected chi connectivity index (χ1v) is 6.10. The van der Waals surface area contributed by atoms with Gasteiger partial charge in [0.25, 0.3) is 0 Å². The predicted molar refractivity (Wildman–Crippen MR) is 71.1 cm³/mol. The molecule has 0 amide bonds. The number of hydrogen-bond acceptors (Lipinski definition) is 1. The Morgan fingerprint density at radius 2 is 1.24 bits per heavy atom. The number of halogens is 1. The summed E-state index contributed by atoms with van der Waals surface area (Å²) < 4.78 is 5.79. The fourth-order valence-corrected chi connectivity index (χ4v) is 1.90. The quantitative estimate of drug-likeness (QED) is 0.728. The van der Waals surface area contributed by atoms with Crippen molar-refractivity contribution < 1.29 is 4.74 Å². The normalized spacial score (nSPS) is 12.6. The van der Waals surface area contributed by atoms with Crippen LogP contribution < -0.4 is 0 Å². The van der Waals surface area contributed by atoms with Crippen molar-refractivity contribution in [2.45, 2.75) is 18.6 Å². The second-order valence-corrected chi connectivity index (χ2v) is 4.50. The van der Waals surface area contributed by atoms with Gasteiger partial charge in [0.2, 0.25) is 0 Å². The molecule has 2 rings (SSSR count). The summed E-state index contributed by atoms with van der Waals surface area (Å²) in [6.07, 6.45) is -0.107. The summed E-state index contributed by atoms with van der Waals surface area (Å²) in [5, 5.41) is 0. The number of benzene rings is 2. The lowest BCUT2D eigenvalue weighted by molar-refractivity contribution is 0.0658. The van der Waals surface area contributed by atoms with Crippen LogP contribution >= 0.6 is 11.6 Å². The van der Waals surface area contributed by atoms with Gasteiger partial charge in [-0.25, -0.2) is 0 Å². The van der Waals surface area contributed by atoms with Crippen LogP contribution in [0.15, 0.2) is 60.7 Å². The van der Waals surface area contributed by atoms with Gasteiger partial charge in [0.05, 0.1) is 0 Å². The molecule has 2 aromatic carbocycles. The van der Waals surface area contributed by atoms with Gasteiger partial charge in [0.1, 0.15) is 11.7 Å². The second-order valence-electron chi connectivity index (χ2n) is 3.88. The van der Waals surface area contributed by atoms with Crippen molar-refractivity contribution in [3.05, 3.63) is 71.8 Å². The van der Waals surface area contributed by atoms with E-state index in [1.54, 1.807) is 0 Å². The fourth-order valence-electron chi connectivity index (χ4n) is 1.79. The van der Waals surface area contributed by atoms with Crippen LogP contribution in [0.1, 0.15) is 24.2 Å². The summed E-state index contributed by atoms with van der Waals surface area (Å²) in [5.41, 5.74) is 1.91. The lowest BCUT2D eigenvalue weighted by Crippen LogP contribution is -2.10. The Morgan fingerprint density at radius 1 is 0.824 bits per heavy atom. The van der Waals surface area contributed by atoms with Crippen molar-refractivity contribution in [2.75, 3.05) is 0 Å². The third-order valence-corrected chi connectivity index (χ3v) is 2.63. The molecule has 0 fully saturated rings. The largest absolute Gasteiger partial charge is 0.350 e. The summed E-state index contributed by atoms with van der Waals surface area (Å²) in [6.45, 7) is 1.83. The van der Waals surface area contributed by atoms with Gasteiger partial charge < -0.3 is 4.74 Å². The van der Waals surface area contributed by atoms with Crippen LogP contribution in [-0.4, -0.2) is 5.56 Å². The van der Waals surface area contributed by atoms with E-state index in [1.807, 2.05) is 43.3 Å². The SMILES string of the molecule is CC(Cl)OC(c1ccccc1)c1ccccc1. The highest BCUT2D eigenvalue weighted by atomic mass is 35.5. The minimum Gasteiger partial charge on any atom is -0.350 e. The first kappa shape index (κ1) is 12.2. The average molecular weight is 247 g/mol. The van der Waals surface area contributed by atoms with Crippen molar-refractivity contribution in [3.63, 3.8) is 0 Å².